The molecule has 0 aliphatic heterocycles. The lowest BCUT2D eigenvalue weighted by Gasteiger charge is -2.20. The highest BCUT2D eigenvalue weighted by atomic mass is 16.5. The van der Waals surface area contributed by atoms with Crippen molar-refractivity contribution in [3.63, 3.8) is 0 Å². The Morgan fingerprint density at radius 1 is 0.960 bits per heavy atom. The van der Waals surface area contributed by atoms with Crippen molar-refractivity contribution in [1.29, 1.82) is 0 Å². The Kier molecular flexibility index (Phi) is 5.65. The van der Waals surface area contributed by atoms with E-state index in [9.17, 15) is 4.79 Å². The van der Waals surface area contributed by atoms with Crippen LogP contribution >= 0.6 is 0 Å². The van der Waals surface area contributed by atoms with Gasteiger partial charge in [-0.3, -0.25) is 4.79 Å². The van der Waals surface area contributed by atoms with Gasteiger partial charge in [-0.1, -0.05) is 60.7 Å². The minimum absolute atomic E-state index is 0.0639. The van der Waals surface area contributed by atoms with Crippen LogP contribution in [0.4, 0.5) is 0 Å². The fraction of sp³-hybridized carbons (Fsp3) is 0.190. The maximum Gasteiger partial charge on any atom is 0.232 e. The average Bonchev–Trinajstić information content (AvgIpc) is 3.19. The van der Waals surface area contributed by atoms with E-state index < -0.39 is 0 Å². The highest BCUT2D eigenvalue weighted by Gasteiger charge is 2.24. The number of carbonyl (C=O) groups is 1. The van der Waals surface area contributed by atoms with Crippen molar-refractivity contribution in [2.24, 2.45) is 0 Å². The first-order valence-electron chi connectivity index (χ1n) is 8.23. The van der Waals surface area contributed by atoms with Crippen LogP contribution < -0.4 is 5.32 Å². The fourth-order valence-electron chi connectivity index (χ4n) is 2.86. The third-order valence-electron chi connectivity index (χ3n) is 4.13. The van der Waals surface area contributed by atoms with Gasteiger partial charge in [0.15, 0.2) is 0 Å². The zero-order chi connectivity index (χ0) is 17.5. The number of hydrogen-bond acceptors (Lipinski definition) is 3. The molecule has 0 saturated heterocycles. The summed E-state index contributed by atoms with van der Waals surface area (Å²) in [4.78, 5) is 12.9. The molecule has 4 nitrogen and oxygen atoms in total. The molecule has 0 saturated carbocycles. The van der Waals surface area contributed by atoms with Crippen molar-refractivity contribution in [3.05, 3.63) is 95.9 Å². The summed E-state index contributed by atoms with van der Waals surface area (Å²) in [5.74, 6) is 0.265. The molecule has 1 aromatic heterocycles. The predicted octanol–water partition coefficient (Wildman–Crippen LogP) is 3.92. The summed E-state index contributed by atoms with van der Waals surface area (Å²) >= 11 is 0. The van der Waals surface area contributed by atoms with Gasteiger partial charge in [0.25, 0.3) is 0 Å². The number of ether oxygens (including phenoxy) is 1. The zero-order valence-electron chi connectivity index (χ0n) is 14.1. The minimum Gasteiger partial charge on any atom is -0.467 e. The van der Waals surface area contributed by atoms with Gasteiger partial charge < -0.3 is 14.5 Å². The van der Waals surface area contributed by atoms with Gasteiger partial charge in [-0.25, -0.2) is 0 Å². The standard InChI is InChI=1S/C21H21NO3/c1-24-19(18-13-8-14-25-18)15-22-21(23)20(16-9-4-2-5-10-16)17-11-6-3-7-12-17/h2-14,19-20H,15H2,1H3,(H,22,23)/t19-/m0/s1. The molecule has 2 aromatic carbocycles. The second-order valence-electron chi connectivity index (χ2n) is 5.74. The van der Waals surface area contributed by atoms with Crippen LogP contribution in [0.5, 0.6) is 0 Å². The maximum atomic E-state index is 12.9. The Labute approximate surface area is 147 Å². The van der Waals surface area contributed by atoms with E-state index in [-0.39, 0.29) is 17.9 Å². The molecule has 0 aliphatic rings. The maximum absolute atomic E-state index is 12.9. The van der Waals surface area contributed by atoms with Crippen LogP contribution in [0.3, 0.4) is 0 Å². The van der Waals surface area contributed by atoms with E-state index in [0.717, 1.165) is 11.1 Å². The largest absolute Gasteiger partial charge is 0.467 e. The van der Waals surface area contributed by atoms with Crippen LogP contribution in [0.2, 0.25) is 0 Å². The van der Waals surface area contributed by atoms with Gasteiger partial charge in [-0.05, 0) is 23.3 Å². The summed E-state index contributed by atoms with van der Waals surface area (Å²) < 4.78 is 10.8. The molecular formula is C21H21NO3. The van der Waals surface area contributed by atoms with Gasteiger partial charge in [0.05, 0.1) is 18.7 Å². The molecule has 3 rings (SSSR count). The summed E-state index contributed by atoms with van der Waals surface area (Å²) in [6, 6.07) is 23.2. The van der Waals surface area contributed by atoms with E-state index in [0.29, 0.717) is 12.3 Å². The first kappa shape index (κ1) is 17.0. The first-order chi connectivity index (χ1) is 12.3. The highest BCUT2D eigenvalue weighted by Crippen LogP contribution is 2.25. The lowest BCUT2D eigenvalue weighted by molar-refractivity contribution is -0.122. The zero-order valence-corrected chi connectivity index (χ0v) is 14.1. The number of amides is 1. The Morgan fingerprint density at radius 3 is 2.04 bits per heavy atom. The molecule has 0 bridgehead atoms. The molecule has 0 unspecified atom stereocenters. The van der Waals surface area contributed by atoms with Gasteiger partial charge in [-0.2, -0.15) is 0 Å². The van der Waals surface area contributed by atoms with Gasteiger partial charge in [-0.15, -0.1) is 0 Å². The number of furan rings is 1. The number of methoxy groups -OCH3 is 1. The summed E-state index contributed by atoms with van der Waals surface area (Å²) in [5.41, 5.74) is 1.91. The van der Waals surface area contributed by atoms with Crippen LogP contribution in [0.15, 0.2) is 83.5 Å². The summed E-state index contributed by atoms with van der Waals surface area (Å²) in [6.45, 7) is 0.346. The molecule has 1 heterocycles. The number of carbonyl (C=O) groups excluding carboxylic acids is 1. The topological polar surface area (TPSA) is 51.5 Å². The normalized spacial score (nSPS) is 12.1. The third-order valence-corrected chi connectivity index (χ3v) is 4.13. The van der Waals surface area contributed by atoms with Gasteiger partial charge >= 0.3 is 0 Å². The number of benzene rings is 2. The number of hydrogen-bond donors (Lipinski definition) is 1. The summed E-state index contributed by atoms with van der Waals surface area (Å²) in [7, 11) is 1.60. The lowest BCUT2D eigenvalue weighted by atomic mass is 9.90. The van der Waals surface area contributed by atoms with E-state index in [2.05, 4.69) is 5.32 Å². The molecule has 0 radical (unpaired) electrons. The van der Waals surface area contributed by atoms with Crippen LogP contribution in [0.25, 0.3) is 0 Å². The quantitative estimate of drug-likeness (QED) is 0.712. The first-order valence-corrected chi connectivity index (χ1v) is 8.23. The van der Waals surface area contributed by atoms with E-state index in [1.165, 1.54) is 0 Å². The van der Waals surface area contributed by atoms with Crippen LogP contribution in [0.1, 0.15) is 28.9 Å². The SMILES string of the molecule is CO[C@@H](CNC(=O)C(c1ccccc1)c1ccccc1)c1ccco1. The Hall–Kier alpha value is -2.85. The Balaban J connectivity index is 1.78. The molecule has 0 fully saturated rings. The lowest BCUT2D eigenvalue weighted by Crippen LogP contribution is -2.33. The van der Waals surface area contributed by atoms with Crippen molar-refractivity contribution in [2.45, 2.75) is 12.0 Å². The Bertz CT molecular complexity index is 730. The summed E-state index contributed by atoms with van der Waals surface area (Å²) in [5, 5.41) is 3.00. The smallest absolute Gasteiger partial charge is 0.232 e. The molecule has 1 amide bonds. The Morgan fingerprint density at radius 2 is 1.56 bits per heavy atom. The molecular weight excluding hydrogens is 314 g/mol. The molecule has 128 valence electrons. The third kappa shape index (κ3) is 4.17. The molecule has 4 heteroatoms. The fourth-order valence-corrected chi connectivity index (χ4v) is 2.86. The van der Waals surface area contributed by atoms with Crippen molar-refractivity contribution in [1.82, 2.24) is 5.32 Å². The van der Waals surface area contributed by atoms with Crippen molar-refractivity contribution >= 4 is 5.91 Å². The average molecular weight is 335 g/mol. The van der Waals surface area contributed by atoms with Crippen LogP contribution in [-0.4, -0.2) is 19.6 Å². The molecule has 0 aliphatic carbocycles. The van der Waals surface area contributed by atoms with Gasteiger partial charge in [0.1, 0.15) is 11.9 Å². The van der Waals surface area contributed by atoms with Gasteiger partial charge in [0, 0.05) is 7.11 Å². The monoisotopic (exact) mass is 335 g/mol. The van der Waals surface area contributed by atoms with Crippen molar-refractivity contribution in [3.8, 4) is 0 Å². The van der Waals surface area contributed by atoms with Crippen molar-refractivity contribution in [2.75, 3.05) is 13.7 Å². The molecule has 25 heavy (non-hydrogen) atoms. The summed E-state index contributed by atoms with van der Waals surface area (Å²) in [6.07, 6.45) is 1.28. The van der Waals surface area contributed by atoms with Gasteiger partial charge in [0.2, 0.25) is 5.91 Å². The van der Waals surface area contributed by atoms with E-state index >= 15 is 0 Å². The minimum atomic E-state index is -0.364. The predicted molar refractivity (Wildman–Crippen MR) is 96.2 cm³/mol. The van der Waals surface area contributed by atoms with E-state index in [1.54, 1.807) is 19.4 Å². The highest BCUT2D eigenvalue weighted by molar-refractivity contribution is 5.87. The second-order valence-corrected chi connectivity index (χ2v) is 5.74. The molecule has 1 N–H and O–H groups in total. The van der Waals surface area contributed by atoms with E-state index in [4.69, 9.17) is 9.15 Å². The number of nitrogens with one attached hydrogen (secondary N) is 1. The second kappa shape index (κ2) is 8.31. The molecule has 1 atom stereocenters. The number of rotatable bonds is 7. The molecule has 0 spiro atoms. The molecule has 3 aromatic rings. The van der Waals surface area contributed by atoms with Crippen LogP contribution in [0, 0.1) is 0 Å². The van der Waals surface area contributed by atoms with Crippen LogP contribution in [-0.2, 0) is 9.53 Å². The van der Waals surface area contributed by atoms with Crippen molar-refractivity contribution < 1.29 is 13.9 Å². The van der Waals surface area contributed by atoms with E-state index in [1.807, 2.05) is 66.7 Å².